The van der Waals surface area contributed by atoms with Gasteiger partial charge in [0.05, 0.1) is 0 Å². The van der Waals surface area contributed by atoms with E-state index >= 15 is 0 Å². The molecule has 0 heterocycles. The normalized spacial score (nSPS) is 20.6. The van der Waals surface area contributed by atoms with Gasteiger partial charge < -0.3 is 24.8 Å². The summed E-state index contributed by atoms with van der Waals surface area (Å²) >= 11 is -1.18. The molecule has 0 unspecified atom stereocenters. The van der Waals surface area contributed by atoms with Crippen LogP contribution in [0.25, 0.3) is 0 Å². The molecule has 0 bridgehead atoms. The van der Waals surface area contributed by atoms with Crippen molar-refractivity contribution >= 4 is 0 Å². The summed E-state index contributed by atoms with van der Waals surface area (Å²) in [6.45, 7) is 29.1. The first-order valence-corrected chi connectivity index (χ1v) is 14.4. The molecule has 0 nitrogen and oxygen atoms in total. The minimum absolute atomic E-state index is 0. The van der Waals surface area contributed by atoms with Crippen molar-refractivity contribution in [2.75, 3.05) is 0 Å². The Balaban J connectivity index is 0.00000392. The quantitative estimate of drug-likeness (QED) is 0.410. The third-order valence-corrected chi connectivity index (χ3v) is 17.7. The van der Waals surface area contributed by atoms with Gasteiger partial charge in [0, 0.05) is 0 Å². The Morgan fingerprint density at radius 1 is 0.517 bits per heavy atom. The van der Waals surface area contributed by atoms with Crippen LogP contribution in [-0.4, -0.2) is 0 Å². The average Bonchev–Trinajstić information content (AvgIpc) is 2.82. The maximum Gasteiger partial charge on any atom is -1.00 e. The van der Waals surface area contributed by atoms with E-state index in [-0.39, 0.29) is 24.8 Å². The maximum absolute atomic E-state index is 2.47. The van der Waals surface area contributed by atoms with Crippen LogP contribution in [0.2, 0.25) is 6.34 Å². The van der Waals surface area contributed by atoms with Gasteiger partial charge in [-0.1, -0.05) is 0 Å². The van der Waals surface area contributed by atoms with E-state index in [1.807, 2.05) is 0 Å². The van der Waals surface area contributed by atoms with Crippen LogP contribution in [0.15, 0.2) is 44.6 Å². The molecule has 3 heteroatoms. The molecule has 0 atom stereocenters. The zero-order valence-corrected chi connectivity index (χ0v) is 25.9. The summed E-state index contributed by atoms with van der Waals surface area (Å²) in [6.07, 6.45) is 2.70. The summed E-state index contributed by atoms with van der Waals surface area (Å²) in [4.78, 5) is 0. The zero-order chi connectivity index (χ0) is 20.9. The first-order chi connectivity index (χ1) is 12.3. The topological polar surface area (TPSA) is 0 Å². The van der Waals surface area contributed by atoms with Crippen molar-refractivity contribution in [3.05, 3.63) is 44.6 Å². The SMILES string of the molecule is CC1=C(C)[C](CC(C)C)([Hf+2][C]2(CC(C)C)C(C)=C(C)C(C)=C2C)C(C)=C1C.[Cl-].[Cl-]. The van der Waals surface area contributed by atoms with Gasteiger partial charge in [-0.2, -0.15) is 0 Å². The van der Waals surface area contributed by atoms with Gasteiger partial charge >= 0.3 is 182 Å². The molecule has 2 aliphatic rings. The van der Waals surface area contributed by atoms with Gasteiger partial charge in [-0.25, -0.2) is 0 Å². The Morgan fingerprint density at radius 2 is 0.724 bits per heavy atom. The molecule has 0 fully saturated rings. The molecule has 0 N–H and O–H groups in total. The summed E-state index contributed by atoms with van der Waals surface area (Å²) in [5.74, 6) is 1.49. The Morgan fingerprint density at radius 3 is 0.897 bits per heavy atom. The van der Waals surface area contributed by atoms with Crippen molar-refractivity contribution in [3.8, 4) is 0 Å². The summed E-state index contributed by atoms with van der Waals surface area (Å²) in [6, 6.07) is 0. The van der Waals surface area contributed by atoms with Crippen molar-refractivity contribution in [1.29, 1.82) is 0 Å². The fraction of sp³-hybridized carbons (Fsp3) is 0.692. The van der Waals surface area contributed by atoms with E-state index in [2.05, 4.69) is 83.1 Å². The average molecular weight is 604 g/mol. The van der Waals surface area contributed by atoms with Crippen LogP contribution < -0.4 is 24.8 Å². The van der Waals surface area contributed by atoms with Crippen molar-refractivity contribution < 1.29 is 47.7 Å². The second kappa shape index (κ2) is 10.4. The van der Waals surface area contributed by atoms with Crippen LogP contribution in [0.3, 0.4) is 0 Å². The van der Waals surface area contributed by atoms with E-state index in [1.54, 1.807) is 44.6 Å². The molecule has 2 rings (SSSR count). The predicted molar refractivity (Wildman–Crippen MR) is 118 cm³/mol. The van der Waals surface area contributed by atoms with Gasteiger partial charge in [-0.3, -0.25) is 0 Å². The molecule has 0 amide bonds. The number of halogens is 2. The van der Waals surface area contributed by atoms with Gasteiger partial charge in [0.25, 0.3) is 0 Å². The molecule has 0 saturated carbocycles. The molecule has 0 radical (unpaired) electrons. The number of rotatable bonds is 6. The molecule has 0 aromatic heterocycles. The standard InChI is InChI=1S/2C13H21.2ClH.Hf/c2*1-8(2)7-13-11(5)9(3)10(4)12(13)6;;;/h2*8H,7H2,1-6H3;2*1H;/q;;;;+2/p-2. The Bertz CT molecular complexity index is 648. The van der Waals surface area contributed by atoms with E-state index in [0.717, 1.165) is 11.8 Å². The molecular formula is C26H42Cl2Hf. The van der Waals surface area contributed by atoms with E-state index in [9.17, 15) is 0 Å². The van der Waals surface area contributed by atoms with Crippen molar-refractivity contribution in [2.24, 2.45) is 11.8 Å². The molecule has 0 aromatic rings. The van der Waals surface area contributed by atoms with Gasteiger partial charge in [0.15, 0.2) is 0 Å². The van der Waals surface area contributed by atoms with E-state index in [4.69, 9.17) is 0 Å². The second-order valence-corrected chi connectivity index (χ2v) is 17.2. The van der Waals surface area contributed by atoms with Crippen molar-refractivity contribution in [3.63, 3.8) is 0 Å². The third kappa shape index (κ3) is 4.78. The largest absolute Gasteiger partial charge is 1.00 e. The minimum atomic E-state index is -1.18. The first kappa shape index (κ1) is 29.4. The molecule has 0 aromatic carbocycles. The molecule has 164 valence electrons. The molecule has 29 heavy (non-hydrogen) atoms. The fourth-order valence-corrected chi connectivity index (χ4v) is 17.3. The number of hydrogen-bond donors (Lipinski definition) is 0. The molecule has 0 aliphatic heterocycles. The van der Waals surface area contributed by atoms with Crippen LogP contribution in [0.5, 0.6) is 0 Å². The summed E-state index contributed by atoms with van der Waals surface area (Å²) in [5.41, 5.74) is 13.3. The fourth-order valence-electron chi connectivity index (χ4n) is 5.65. The van der Waals surface area contributed by atoms with Crippen LogP contribution in [0.1, 0.15) is 95.9 Å². The predicted octanol–water partition coefficient (Wildman–Crippen LogP) is 2.86. The van der Waals surface area contributed by atoms with Crippen LogP contribution in [-0.2, 0) is 22.9 Å². The van der Waals surface area contributed by atoms with Crippen molar-refractivity contribution in [2.45, 2.75) is 102 Å². The van der Waals surface area contributed by atoms with Gasteiger partial charge in [0.1, 0.15) is 0 Å². The first-order valence-electron chi connectivity index (χ1n) is 10.8. The van der Waals surface area contributed by atoms with E-state index in [1.165, 1.54) is 12.8 Å². The summed E-state index contributed by atoms with van der Waals surface area (Å²) in [5, 5.41) is 0. The smallest absolute Gasteiger partial charge is 1.00 e. The molecular weight excluding hydrogens is 562 g/mol. The Labute approximate surface area is 205 Å². The van der Waals surface area contributed by atoms with Gasteiger partial charge in [-0.15, -0.1) is 0 Å². The van der Waals surface area contributed by atoms with E-state index < -0.39 is 22.9 Å². The zero-order valence-electron chi connectivity index (χ0n) is 20.8. The van der Waals surface area contributed by atoms with Crippen LogP contribution in [0, 0.1) is 11.8 Å². The number of hydrogen-bond acceptors (Lipinski definition) is 0. The number of allylic oxidation sites excluding steroid dienone is 8. The molecule has 0 saturated heterocycles. The van der Waals surface area contributed by atoms with E-state index in [0.29, 0.717) is 6.34 Å². The summed E-state index contributed by atoms with van der Waals surface area (Å²) in [7, 11) is 0. The molecule has 2 aliphatic carbocycles. The second-order valence-electron chi connectivity index (χ2n) is 10.1. The van der Waals surface area contributed by atoms with Crippen LogP contribution in [0.4, 0.5) is 0 Å². The maximum atomic E-state index is 2.47. The van der Waals surface area contributed by atoms with Crippen LogP contribution >= 0.6 is 0 Å². The Kier molecular flexibility index (Phi) is 10.5. The monoisotopic (exact) mass is 604 g/mol. The molecule has 0 spiro atoms. The summed E-state index contributed by atoms with van der Waals surface area (Å²) < 4.78 is 0.815. The van der Waals surface area contributed by atoms with Gasteiger partial charge in [-0.05, 0) is 0 Å². The third-order valence-electron chi connectivity index (χ3n) is 7.79. The minimum Gasteiger partial charge on any atom is -1.00 e. The van der Waals surface area contributed by atoms with Gasteiger partial charge in [0.2, 0.25) is 0 Å². The van der Waals surface area contributed by atoms with Crippen molar-refractivity contribution in [1.82, 2.24) is 0 Å². The Hall–Kier alpha value is 0.410.